The molecule has 0 saturated carbocycles. The lowest BCUT2D eigenvalue weighted by Gasteiger charge is -2.41. The summed E-state index contributed by atoms with van der Waals surface area (Å²) in [6.07, 6.45) is 6.12. The summed E-state index contributed by atoms with van der Waals surface area (Å²) in [7, 11) is 0. The van der Waals surface area contributed by atoms with Crippen molar-refractivity contribution >= 4 is 11.6 Å². The Labute approximate surface area is 140 Å². The number of imidazole rings is 1. The lowest BCUT2D eigenvalue weighted by Crippen LogP contribution is -2.42. The van der Waals surface area contributed by atoms with Gasteiger partial charge in [0.05, 0.1) is 24.0 Å². The van der Waals surface area contributed by atoms with Crippen LogP contribution in [0.5, 0.6) is 0 Å². The number of amides is 1. The molecule has 1 unspecified atom stereocenters. The first-order valence-electron chi connectivity index (χ1n) is 7.80. The molecule has 2 aliphatic heterocycles. The van der Waals surface area contributed by atoms with Gasteiger partial charge >= 0.3 is 0 Å². The molecule has 1 N–H and O–H groups in total. The summed E-state index contributed by atoms with van der Waals surface area (Å²) in [5, 5.41) is 19.3. The summed E-state index contributed by atoms with van der Waals surface area (Å²) in [4.78, 5) is 16.5. The molecule has 4 rings (SSSR count). The van der Waals surface area contributed by atoms with Gasteiger partial charge < -0.3 is 9.88 Å². The Hall–Kier alpha value is -3.12. The fourth-order valence-corrected chi connectivity index (χ4v) is 3.73. The van der Waals surface area contributed by atoms with Crippen molar-refractivity contribution in [1.29, 1.82) is 10.5 Å². The van der Waals surface area contributed by atoms with Gasteiger partial charge in [0.15, 0.2) is 0 Å². The molecule has 0 bridgehead atoms. The topological polar surface area (TPSA) is 94.5 Å². The molecule has 1 aromatic heterocycles. The number of fused-ring (bicyclic) bond motifs is 4. The van der Waals surface area contributed by atoms with Crippen molar-refractivity contribution in [2.24, 2.45) is 0 Å². The van der Waals surface area contributed by atoms with Crippen LogP contribution in [0.25, 0.3) is 0 Å². The van der Waals surface area contributed by atoms with E-state index in [2.05, 4.69) is 20.9 Å². The van der Waals surface area contributed by atoms with Crippen LogP contribution in [0.1, 0.15) is 43.0 Å². The second-order valence-corrected chi connectivity index (χ2v) is 5.98. The van der Waals surface area contributed by atoms with Crippen molar-refractivity contribution in [1.82, 2.24) is 9.55 Å². The quantitative estimate of drug-likeness (QED) is 0.807. The highest BCUT2D eigenvalue weighted by Crippen LogP contribution is 2.48. The number of carbonyl (C=O) groups excluding carboxylic acids is 1. The lowest BCUT2D eigenvalue weighted by molar-refractivity contribution is -0.117. The Bertz CT molecular complexity index is 870. The van der Waals surface area contributed by atoms with E-state index in [1.807, 2.05) is 24.7 Å². The highest BCUT2D eigenvalue weighted by molar-refractivity contribution is 5.96. The average Bonchev–Trinajstić information content (AvgIpc) is 3.05. The molecule has 2 aromatic rings. The number of benzene rings is 1. The number of rotatable bonds is 0. The van der Waals surface area contributed by atoms with Crippen molar-refractivity contribution in [2.45, 2.75) is 38.1 Å². The van der Waals surface area contributed by atoms with Crippen molar-refractivity contribution in [3.8, 4) is 12.1 Å². The number of aryl methyl sites for hydroxylation is 1. The maximum absolute atomic E-state index is 12.2. The number of anilines is 1. The molecular weight excluding hydrogens is 302 g/mol. The Balaban J connectivity index is 0.000000526. The van der Waals surface area contributed by atoms with Gasteiger partial charge in [0.25, 0.3) is 0 Å². The van der Waals surface area contributed by atoms with E-state index in [0.29, 0.717) is 12.0 Å². The van der Waals surface area contributed by atoms with Gasteiger partial charge in [-0.25, -0.2) is 4.98 Å². The highest BCUT2D eigenvalue weighted by atomic mass is 16.1. The summed E-state index contributed by atoms with van der Waals surface area (Å²) < 4.78 is 2.14. The minimum atomic E-state index is -0.305. The SMILES string of the molecule is CC#N.N#Cc1ccc2c(c1)NC(=O)CC21CCCn2cncc21. The Morgan fingerprint density at radius 3 is 2.92 bits per heavy atom. The standard InChI is InChI=1S/C16H14N4O.C2H3N/c17-8-11-2-3-12-13(6-11)19-15(21)7-16(12)4-1-5-20-10-18-9-14(16)20;1-2-3/h2-3,6,9-10H,1,4-5,7H2,(H,19,21);1H3. The molecule has 1 spiro atoms. The molecule has 1 aromatic carbocycles. The summed E-state index contributed by atoms with van der Waals surface area (Å²) in [5.41, 5.74) is 3.23. The Kier molecular flexibility index (Phi) is 4.05. The third-order valence-corrected chi connectivity index (χ3v) is 4.61. The summed E-state index contributed by atoms with van der Waals surface area (Å²) in [6, 6.07) is 9.45. The molecule has 1 atom stereocenters. The number of nitriles is 2. The van der Waals surface area contributed by atoms with Crippen LogP contribution in [0.2, 0.25) is 0 Å². The molecule has 3 heterocycles. The van der Waals surface area contributed by atoms with Crippen LogP contribution in [0.3, 0.4) is 0 Å². The summed E-state index contributed by atoms with van der Waals surface area (Å²) in [5.74, 6) is 0.00670. The van der Waals surface area contributed by atoms with Crippen molar-refractivity contribution < 1.29 is 4.79 Å². The zero-order valence-electron chi connectivity index (χ0n) is 13.4. The molecule has 24 heavy (non-hydrogen) atoms. The van der Waals surface area contributed by atoms with E-state index in [0.717, 1.165) is 36.3 Å². The van der Waals surface area contributed by atoms with Crippen molar-refractivity contribution in [2.75, 3.05) is 5.32 Å². The van der Waals surface area contributed by atoms with Gasteiger partial charge in [0, 0.05) is 42.9 Å². The molecule has 2 aliphatic rings. The first-order valence-corrected chi connectivity index (χ1v) is 7.80. The van der Waals surface area contributed by atoms with Gasteiger partial charge in [-0.1, -0.05) is 6.07 Å². The number of hydrogen-bond acceptors (Lipinski definition) is 4. The molecule has 6 nitrogen and oxygen atoms in total. The van der Waals surface area contributed by atoms with Crippen molar-refractivity contribution in [3.63, 3.8) is 0 Å². The fraction of sp³-hybridized carbons (Fsp3) is 0.333. The molecule has 0 saturated heterocycles. The van der Waals surface area contributed by atoms with E-state index >= 15 is 0 Å². The number of aromatic nitrogens is 2. The first-order chi connectivity index (χ1) is 11.6. The third-order valence-electron chi connectivity index (χ3n) is 4.61. The van der Waals surface area contributed by atoms with Crippen LogP contribution in [-0.4, -0.2) is 15.5 Å². The predicted molar refractivity (Wildman–Crippen MR) is 87.9 cm³/mol. The summed E-state index contributed by atoms with van der Waals surface area (Å²) >= 11 is 0. The highest BCUT2D eigenvalue weighted by Gasteiger charge is 2.45. The van der Waals surface area contributed by atoms with Gasteiger partial charge in [0.1, 0.15) is 0 Å². The second-order valence-electron chi connectivity index (χ2n) is 5.98. The first kappa shape index (κ1) is 15.8. The van der Waals surface area contributed by atoms with Gasteiger partial charge in [-0.15, -0.1) is 0 Å². The van der Waals surface area contributed by atoms with Crippen molar-refractivity contribution in [3.05, 3.63) is 47.5 Å². The Morgan fingerprint density at radius 1 is 1.38 bits per heavy atom. The Morgan fingerprint density at radius 2 is 2.17 bits per heavy atom. The van der Waals surface area contributed by atoms with E-state index < -0.39 is 0 Å². The minimum Gasteiger partial charge on any atom is -0.334 e. The number of nitrogens with one attached hydrogen (secondary N) is 1. The molecule has 6 heteroatoms. The van der Waals surface area contributed by atoms with E-state index in [4.69, 9.17) is 10.5 Å². The van der Waals surface area contributed by atoms with Gasteiger partial charge in [-0.05, 0) is 30.5 Å². The number of carbonyl (C=O) groups is 1. The monoisotopic (exact) mass is 319 g/mol. The maximum Gasteiger partial charge on any atom is 0.225 e. The second kappa shape index (κ2) is 6.17. The number of nitrogens with zero attached hydrogens (tertiary/aromatic N) is 4. The molecule has 0 radical (unpaired) electrons. The zero-order valence-corrected chi connectivity index (χ0v) is 13.4. The molecular formula is C18H17N5O. The van der Waals surface area contributed by atoms with Crippen LogP contribution in [0.15, 0.2) is 30.7 Å². The van der Waals surface area contributed by atoms with Crippen LogP contribution in [0.4, 0.5) is 5.69 Å². The van der Waals surface area contributed by atoms with E-state index in [-0.39, 0.29) is 11.3 Å². The molecule has 0 fully saturated rings. The van der Waals surface area contributed by atoms with Gasteiger partial charge in [0.2, 0.25) is 5.91 Å². The van der Waals surface area contributed by atoms with Crippen LogP contribution < -0.4 is 5.32 Å². The number of hydrogen-bond donors (Lipinski definition) is 1. The largest absolute Gasteiger partial charge is 0.334 e. The maximum atomic E-state index is 12.2. The lowest BCUT2D eigenvalue weighted by atomic mass is 9.67. The van der Waals surface area contributed by atoms with Gasteiger partial charge in [-0.3, -0.25) is 4.79 Å². The molecule has 120 valence electrons. The predicted octanol–water partition coefficient (Wildman–Crippen LogP) is 2.71. The van der Waals surface area contributed by atoms with E-state index in [1.54, 1.807) is 12.1 Å². The smallest absolute Gasteiger partial charge is 0.225 e. The summed E-state index contributed by atoms with van der Waals surface area (Å²) in [6.45, 7) is 2.38. The molecule has 1 amide bonds. The average molecular weight is 319 g/mol. The van der Waals surface area contributed by atoms with Crippen LogP contribution in [-0.2, 0) is 16.8 Å². The third kappa shape index (κ3) is 2.43. The fourth-order valence-electron chi connectivity index (χ4n) is 3.73. The van der Waals surface area contributed by atoms with Crippen LogP contribution >= 0.6 is 0 Å². The molecule has 0 aliphatic carbocycles. The van der Waals surface area contributed by atoms with Crippen LogP contribution in [0, 0.1) is 22.7 Å². The normalized spacial score (nSPS) is 20.5. The minimum absolute atomic E-state index is 0.00670. The van der Waals surface area contributed by atoms with E-state index in [1.165, 1.54) is 6.92 Å². The van der Waals surface area contributed by atoms with Gasteiger partial charge in [-0.2, -0.15) is 10.5 Å². The zero-order chi connectivity index (χ0) is 17.2. The van der Waals surface area contributed by atoms with E-state index in [9.17, 15) is 4.79 Å².